The van der Waals surface area contributed by atoms with Crippen LogP contribution in [0.4, 0.5) is 5.69 Å². The first-order valence-electron chi connectivity index (χ1n) is 10.2. The molecular weight excluding hydrogens is 456 g/mol. The van der Waals surface area contributed by atoms with Crippen molar-refractivity contribution in [1.29, 1.82) is 0 Å². The van der Waals surface area contributed by atoms with Crippen LogP contribution in [0.2, 0.25) is 0 Å². The maximum absolute atomic E-state index is 12.7. The van der Waals surface area contributed by atoms with Crippen molar-refractivity contribution in [1.82, 2.24) is 5.32 Å². The van der Waals surface area contributed by atoms with Crippen molar-refractivity contribution in [3.63, 3.8) is 0 Å². The standard InChI is InChI=1S/C25H25BrN2O3/c1-18(19-10-3-2-4-11-19)31-17-9-16-27-24(29)21-13-6-8-15-23(21)28-25(30)20-12-5-7-14-22(20)26/h2-8,10-15,18H,9,16-17H2,1H3,(H,27,29)(H,28,30)/t18-/m0/s1. The molecule has 31 heavy (non-hydrogen) atoms. The highest BCUT2D eigenvalue weighted by Gasteiger charge is 2.15. The first kappa shape index (κ1) is 22.7. The number of hydrogen-bond acceptors (Lipinski definition) is 3. The summed E-state index contributed by atoms with van der Waals surface area (Å²) in [6.07, 6.45) is 0.694. The van der Waals surface area contributed by atoms with Crippen LogP contribution in [0.25, 0.3) is 0 Å². The van der Waals surface area contributed by atoms with Crippen molar-refractivity contribution in [2.75, 3.05) is 18.5 Å². The van der Waals surface area contributed by atoms with Gasteiger partial charge >= 0.3 is 0 Å². The fourth-order valence-electron chi connectivity index (χ4n) is 3.07. The van der Waals surface area contributed by atoms with Crippen LogP contribution in [0, 0.1) is 0 Å². The van der Waals surface area contributed by atoms with Crippen LogP contribution in [-0.2, 0) is 4.74 Å². The second-order valence-electron chi connectivity index (χ2n) is 7.01. The molecule has 0 saturated heterocycles. The lowest BCUT2D eigenvalue weighted by Crippen LogP contribution is -2.27. The third-order valence-corrected chi connectivity index (χ3v) is 5.47. The van der Waals surface area contributed by atoms with Gasteiger partial charge in [-0.3, -0.25) is 9.59 Å². The van der Waals surface area contributed by atoms with Crippen LogP contribution >= 0.6 is 15.9 Å². The zero-order chi connectivity index (χ0) is 22.1. The molecule has 3 rings (SSSR count). The molecule has 3 aromatic carbocycles. The van der Waals surface area contributed by atoms with Crippen molar-refractivity contribution in [3.8, 4) is 0 Å². The molecule has 5 nitrogen and oxygen atoms in total. The van der Waals surface area contributed by atoms with Crippen molar-refractivity contribution in [3.05, 3.63) is 100 Å². The number of para-hydroxylation sites is 1. The topological polar surface area (TPSA) is 67.4 Å². The van der Waals surface area contributed by atoms with Crippen LogP contribution in [0.1, 0.15) is 45.7 Å². The fourth-order valence-corrected chi connectivity index (χ4v) is 3.54. The van der Waals surface area contributed by atoms with E-state index in [9.17, 15) is 9.59 Å². The molecule has 0 unspecified atom stereocenters. The largest absolute Gasteiger partial charge is 0.374 e. The van der Waals surface area contributed by atoms with Gasteiger partial charge in [-0.15, -0.1) is 0 Å². The van der Waals surface area contributed by atoms with Crippen LogP contribution < -0.4 is 10.6 Å². The summed E-state index contributed by atoms with van der Waals surface area (Å²) in [6.45, 7) is 3.03. The molecule has 0 spiro atoms. The average molecular weight is 481 g/mol. The minimum Gasteiger partial charge on any atom is -0.374 e. The number of nitrogens with one attached hydrogen (secondary N) is 2. The Morgan fingerprint density at radius 1 is 0.871 bits per heavy atom. The van der Waals surface area contributed by atoms with Crippen molar-refractivity contribution in [2.24, 2.45) is 0 Å². The van der Waals surface area contributed by atoms with E-state index in [1.165, 1.54) is 0 Å². The number of amides is 2. The minimum absolute atomic E-state index is 0.00477. The number of ether oxygens (including phenoxy) is 1. The van der Waals surface area contributed by atoms with Gasteiger partial charge in [-0.05, 0) is 59.1 Å². The number of hydrogen-bond donors (Lipinski definition) is 2. The van der Waals surface area contributed by atoms with Crippen LogP contribution in [0.5, 0.6) is 0 Å². The van der Waals surface area contributed by atoms with Gasteiger partial charge in [0.15, 0.2) is 0 Å². The van der Waals surface area contributed by atoms with E-state index in [-0.39, 0.29) is 17.9 Å². The van der Waals surface area contributed by atoms with Crippen LogP contribution in [-0.4, -0.2) is 25.0 Å². The molecular formula is C25H25BrN2O3. The Balaban J connectivity index is 1.50. The van der Waals surface area contributed by atoms with Crippen molar-refractivity contribution >= 4 is 33.4 Å². The molecule has 160 valence electrons. The van der Waals surface area contributed by atoms with E-state index in [0.717, 1.165) is 5.56 Å². The molecule has 0 bridgehead atoms. The highest BCUT2D eigenvalue weighted by Crippen LogP contribution is 2.20. The molecule has 0 aliphatic carbocycles. The summed E-state index contributed by atoms with van der Waals surface area (Å²) in [7, 11) is 0. The zero-order valence-corrected chi connectivity index (χ0v) is 18.9. The summed E-state index contributed by atoms with van der Waals surface area (Å²) < 4.78 is 6.53. The summed E-state index contributed by atoms with van der Waals surface area (Å²) in [5, 5.41) is 5.73. The van der Waals surface area contributed by atoms with E-state index in [4.69, 9.17) is 4.74 Å². The van der Waals surface area contributed by atoms with Crippen molar-refractivity contribution in [2.45, 2.75) is 19.4 Å². The van der Waals surface area contributed by atoms with Gasteiger partial charge in [-0.25, -0.2) is 0 Å². The average Bonchev–Trinajstić information content (AvgIpc) is 2.79. The predicted octanol–water partition coefficient (Wildman–Crippen LogP) is 5.60. The molecule has 0 saturated carbocycles. The second kappa shape index (κ2) is 11.4. The Morgan fingerprint density at radius 3 is 2.26 bits per heavy atom. The number of anilines is 1. The van der Waals surface area contributed by atoms with Crippen LogP contribution in [0.3, 0.4) is 0 Å². The Morgan fingerprint density at radius 2 is 1.52 bits per heavy atom. The number of halogens is 1. The van der Waals surface area contributed by atoms with Gasteiger partial charge < -0.3 is 15.4 Å². The molecule has 2 amide bonds. The van der Waals surface area contributed by atoms with Crippen LogP contribution in [0.15, 0.2) is 83.3 Å². The van der Waals surface area contributed by atoms with Gasteiger partial charge in [0.2, 0.25) is 0 Å². The highest BCUT2D eigenvalue weighted by molar-refractivity contribution is 9.10. The Bertz CT molecular complexity index is 1020. The zero-order valence-electron chi connectivity index (χ0n) is 17.3. The lowest BCUT2D eigenvalue weighted by Gasteiger charge is -2.14. The quantitative estimate of drug-likeness (QED) is 0.391. The second-order valence-corrected chi connectivity index (χ2v) is 7.87. The van der Waals surface area contributed by atoms with Gasteiger partial charge in [-0.2, -0.15) is 0 Å². The Hall–Kier alpha value is -2.96. The smallest absolute Gasteiger partial charge is 0.256 e. The third kappa shape index (κ3) is 6.51. The van der Waals surface area contributed by atoms with Gasteiger partial charge in [0.05, 0.1) is 22.9 Å². The number of benzene rings is 3. The molecule has 0 fully saturated rings. The fraction of sp³-hybridized carbons (Fsp3) is 0.200. The summed E-state index contributed by atoms with van der Waals surface area (Å²) in [6, 6.07) is 24.1. The molecule has 2 N–H and O–H groups in total. The van der Waals surface area contributed by atoms with Crippen molar-refractivity contribution < 1.29 is 14.3 Å². The summed E-state index contributed by atoms with van der Waals surface area (Å²) in [5.41, 5.74) is 2.51. The van der Waals surface area contributed by atoms with E-state index < -0.39 is 0 Å². The SMILES string of the molecule is C[C@H](OCCCNC(=O)c1ccccc1NC(=O)c1ccccc1Br)c1ccccc1. The molecule has 0 aromatic heterocycles. The summed E-state index contributed by atoms with van der Waals surface area (Å²) >= 11 is 3.38. The van der Waals surface area contributed by atoms with E-state index in [1.807, 2.05) is 43.3 Å². The monoisotopic (exact) mass is 480 g/mol. The first-order chi connectivity index (χ1) is 15.1. The van der Waals surface area contributed by atoms with E-state index in [0.29, 0.717) is 40.9 Å². The molecule has 1 atom stereocenters. The first-order valence-corrected chi connectivity index (χ1v) is 10.9. The highest BCUT2D eigenvalue weighted by atomic mass is 79.9. The molecule has 3 aromatic rings. The van der Waals surface area contributed by atoms with E-state index in [1.54, 1.807) is 42.5 Å². The maximum atomic E-state index is 12.7. The number of rotatable bonds is 9. The van der Waals surface area contributed by atoms with E-state index in [2.05, 4.69) is 26.6 Å². The Kier molecular flexibility index (Phi) is 8.38. The lowest BCUT2D eigenvalue weighted by molar-refractivity contribution is 0.0635. The predicted molar refractivity (Wildman–Crippen MR) is 126 cm³/mol. The van der Waals surface area contributed by atoms with Gasteiger partial charge in [-0.1, -0.05) is 54.6 Å². The third-order valence-electron chi connectivity index (χ3n) is 4.78. The van der Waals surface area contributed by atoms with Gasteiger partial charge in [0.25, 0.3) is 11.8 Å². The Labute approximate surface area is 191 Å². The maximum Gasteiger partial charge on any atom is 0.256 e. The van der Waals surface area contributed by atoms with Gasteiger partial charge in [0, 0.05) is 17.6 Å². The van der Waals surface area contributed by atoms with Gasteiger partial charge in [0.1, 0.15) is 0 Å². The molecule has 0 heterocycles. The normalized spacial score (nSPS) is 11.5. The number of carbonyl (C=O) groups excluding carboxylic acids is 2. The number of carbonyl (C=O) groups is 2. The molecule has 6 heteroatoms. The molecule has 0 aliphatic heterocycles. The minimum atomic E-state index is -0.281. The summed E-state index contributed by atoms with van der Waals surface area (Å²) in [4.78, 5) is 25.3. The summed E-state index contributed by atoms with van der Waals surface area (Å²) in [5.74, 6) is -0.518. The van der Waals surface area contributed by atoms with E-state index >= 15 is 0 Å². The molecule has 0 aliphatic rings. The lowest BCUT2D eigenvalue weighted by atomic mass is 10.1. The molecule has 0 radical (unpaired) electrons.